The van der Waals surface area contributed by atoms with Crippen molar-refractivity contribution in [3.8, 4) is 11.6 Å². The predicted molar refractivity (Wildman–Crippen MR) is 102 cm³/mol. The zero-order chi connectivity index (χ0) is 17.5. The lowest BCUT2D eigenvalue weighted by atomic mass is 10.1. The van der Waals surface area contributed by atoms with E-state index in [0.717, 1.165) is 45.5 Å². The fourth-order valence-corrected chi connectivity index (χ4v) is 3.30. The molecule has 4 aromatic rings. The number of fused-ring (bicyclic) bond motifs is 4. The van der Waals surface area contributed by atoms with Crippen LogP contribution < -0.4 is 20.1 Å². The average molecular weight is 347 g/mol. The van der Waals surface area contributed by atoms with Gasteiger partial charge < -0.3 is 20.1 Å². The Labute approximate surface area is 149 Å². The Morgan fingerprint density at radius 3 is 3.04 bits per heavy atom. The molecule has 3 N–H and O–H groups in total. The fourth-order valence-electron chi connectivity index (χ4n) is 3.30. The van der Waals surface area contributed by atoms with Gasteiger partial charge in [0, 0.05) is 17.6 Å². The van der Waals surface area contributed by atoms with E-state index in [9.17, 15) is 0 Å². The number of H-pyrrole nitrogens is 1. The van der Waals surface area contributed by atoms with Gasteiger partial charge in [0.15, 0.2) is 5.82 Å². The monoisotopic (exact) mass is 347 g/mol. The quantitative estimate of drug-likeness (QED) is 0.524. The standard InChI is InChI=1S/C19H17N5O2/c1-25-19-16-12-4-2-3-5-13(12)22-18(17(16)23-24-19)21-11-6-7-15-14(10-11)20-8-9-26-15/h2-7,10,20H,8-9H2,1H3,(H,21,22)(H,23,24). The second-order valence-electron chi connectivity index (χ2n) is 6.07. The largest absolute Gasteiger partial charge is 0.490 e. The van der Waals surface area contributed by atoms with Crippen molar-refractivity contribution in [2.24, 2.45) is 0 Å². The van der Waals surface area contributed by atoms with E-state index >= 15 is 0 Å². The molecule has 7 heteroatoms. The first-order chi connectivity index (χ1) is 12.8. The van der Waals surface area contributed by atoms with Crippen LogP contribution in [0.1, 0.15) is 0 Å². The van der Waals surface area contributed by atoms with Gasteiger partial charge in [0.1, 0.15) is 17.9 Å². The molecule has 0 atom stereocenters. The number of aromatic nitrogens is 3. The van der Waals surface area contributed by atoms with Gasteiger partial charge >= 0.3 is 0 Å². The van der Waals surface area contributed by atoms with Crippen molar-refractivity contribution in [3.05, 3.63) is 42.5 Å². The maximum Gasteiger partial charge on any atom is 0.241 e. The molecule has 2 aromatic heterocycles. The molecule has 0 saturated carbocycles. The van der Waals surface area contributed by atoms with Crippen molar-refractivity contribution in [1.29, 1.82) is 0 Å². The van der Waals surface area contributed by atoms with E-state index in [1.807, 2.05) is 42.5 Å². The number of pyridine rings is 1. The smallest absolute Gasteiger partial charge is 0.241 e. The van der Waals surface area contributed by atoms with Crippen molar-refractivity contribution in [2.75, 3.05) is 30.9 Å². The van der Waals surface area contributed by atoms with Crippen LogP contribution in [0.15, 0.2) is 42.5 Å². The van der Waals surface area contributed by atoms with Gasteiger partial charge in [-0.25, -0.2) is 4.98 Å². The van der Waals surface area contributed by atoms with E-state index in [4.69, 9.17) is 14.5 Å². The van der Waals surface area contributed by atoms with E-state index in [1.165, 1.54) is 0 Å². The number of benzene rings is 2. The molecule has 3 heterocycles. The van der Waals surface area contributed by atoms with E-state index in [1.54, 1.807) is 7.11 Å². The SMILES string of the molecule is COc1n[nH]c2c(Nc3ccc4c(c3)NCCO4)nc3ccccc3c12. The van der Waals surface area contributed by atoms with Crippen LogP contribution in [0, 0.1) is 0 Å². The molecule has 0 spiro atoms. The number of rotatable bonds is 3. The van der Waals surface area contributed by atoms with Crippen LogP contribution in [0.5, 0.6) is 11.6 Å². The van der Waals surface area contributed by atoms with Crippen molar-refractivity contribution >= 4 is 39.0 Å². The number of nitrogens with zero attached hydrogens (tertiary/aromatic N) is 2. The van der Waals surface area contributed by atoms with E-state index in [0.29, 0.717) is 18.3 Å². The normalized spacial score (nSPS) is 13.1. The minimum atomic E-state index is 0.558. The summed E-state index contributed by atoms with van der Waals surface area (Å²) in [4.78, 5) is 4.77. The molecule has 0 radical (unpaired) electrons. The van der Waals surface area contributed by atoms with Gasteiger partial charge in [0.05, 0.1) is 23.7 Å². The average Bonchev–Trinajstić information content (AvgIpc) is 3.13. The van der Waals surface area contributed by atoms with Crippen LogP contribution >= 0.6 is 0 Å². The highest BCUT2D eigenvalue weighted by Crippen LogP contribution is 2.36. The number of ether oxygens (including phenoxy) is 2. The zero-order valence-corrected chi connectivity index (χ0v) is 14.2. The summed E-state index contributed by atoms with van der Waals surface area (Å²) in [5.41, 5.74) is 3.57. The third-order valence-corrected chi connectivity index (χ3v) is 4.49. The molecular weight excluding hydrogens is 330 g/mol. The molecule has 0 aliphatic carbocycles. The molecule has 1 aliphatic heterocycles. The molecule has 0 unspecified atom stereocenters. The molecule has 0 fully saturated rings. The van der Waals surface area contributed by atoms with Gasteiger partial charge in [-0.2, -0.15) is 0 Å². The topological polar surface area (TPSA) is 84.1 Å². The highest BCUT2D eigenvalue weighted by Gasteiger charge is 2.16. The summed E-state index contributed by atoms with van der Waals surface area (Å²) in [6.45, 7) is 1.48. The number of aromatic amines is 1. The second kappa shape index (κ2) is 5.80. The van der Waals surface area contributed by atoms with Crippen molar-refractivity contribution in [2.45, 2.75) is 0 Å². The molecule has 130 valence electrons. The van der Waals surface area contributed by atoms with Gasteiger partial charge in [0.25, 0.3) is 0 Å². The Balaban J connectivity index is 1.65. The van der Waals surface area contributed by atoms with Gasteiger partial charge in [-0.05, 0) is 24.3 Å². The molecule has 0 amide bonds. The second-order valence-corrected chi connectivity index (χ2v) is 6.07. The zero-order valence-electron chi connectivity index (χ0n) is 14.2. The van der Waals surface area contributed by atoms with E-state index < -0.39 is 0 Å². The van der Waals surface area contributed by atoms with Crippen LogP contribution in [-0.4, -0.2) is 35.4 Å². The fraction of sp³-hybridized carbons (Fsp3) is 0.158. The summed E-state index contributed by atoms with van der Waals surface area (Å²) >= 11 is 0. The van der Waals surface area contributed by atoms with Gasteiger partial charge in [-0.3, -0.25) is 5.10 Å². The summed E-state index contributed by atoms with van der Waals surface area (Å²) in [7, 11) is 1.62. The van der Waals surface area contributed by atoms with Gasteiger partial charge in [0.2, 0.25) is 5.88 Å². The Morgan fingerprint density at radius 2 is 2.12 bits per heavy atom. The Bertz CT molecular complexity index is 1120. The van der Waals surface area contributed by atoms with Crippen molar-refractivity contribution in [3.63, 3.8) is 0 Å². The van der Waals surface area contributed by atoms with Crippen molar-refractivity contribution in [1.82, 2.24) is 15.2 Å². The van der Waals surface area contributed by atoms with Crippen molar-refractivity contribution < 1.29 is 9.47 Å². The molecule has 1 aliphatic rings. The lowest BCUT2D eigenvalue weighted by Crippen LogP contribution is -2.17. The molecule has 0 bridgehead atoms. The summed E-state index contributed by atoms with van der Waals surface area (Å²) < 4.78 is 11.1. The summed E-state index contributed by atoms with van der Waals surface area (Å²) in [6.07, 6.45) is 0. The molecule has 7 nitrogen and oxygen atoms in total. The molecule has 26 heavy (non-hydrogen) atoms. The van der Waals surface area contributed by atoms with Crippen LogP contribution in [0.4, 0.5) is 17.2 Å². The maximum atomic E-state index is 5.64. The highest BCUT2D eigenvalue weighted by molar-refractivity contribution is 6.11. The first kappa shape index (κ1) is 14.8. The molecule has 2 aromatic carbocycles. The van der Waals surface area contributed by atoms with E-state index in [2.05, 4.69) is 20.8 Å². The molecule has 0 saturated heterocycles. The third-order valence-electron chi connectivity index (χ3n) is 4.49. The predicted octanol–water partition coefficient (Wildman–Crippen LogP) is 3.67. The minimum absolute atomic E-state index is 0.558. The first-order valence-electron chi connectivity index (χ1n) is 8.42. The first-order valence-corrected chi connectivity index (χ1v) is 8.42. The summed E-state index contributed by atoms with van der Waals surface area (Å²) in [6, 6.07) is 13.9. The Morgan fingerprint density at radius 1 is 1.19 bits per heavy atom. The van der Waals surface area contributed by atoms with Gasteiger partial charge in [-0.1, -0.05) is 18.2 Å². The maximum absolute atomic E-state index is 5.64. The van der Waals surface area contributed by atoms with Crippen LogP contribution in [-0.2, 0) is 0 Å². The number of anilines is 3. The Kier molecular flexibility index (Phi) is 3.31. The minimum Gasteiger partial charge on any atom is -0.490 e. The van der Waals surface area contributed by atoms with Crippen LogP contribution in [0.2, 0.25) is 0 Å². The molecule has 5 rings (SSSR count). The number of hydrogen-bond donors (Lipinski definition) is 3. The highest BCUT2D eigenvalue weighted by atomic mass is 16.5. The number of para-hydroxylation sites is 1. The summed E-state index contributed by atoms with van der Waals surface area (Å²) in [5, 5.41) is 16.0. The van der Waals surface area contributed by atoms with Gasteiger partial charge in [-0.15, -0.1) is 5.10 Å². The Hall–Kier alpha value is -3.48. The lowest BCUT2D eigenvalue weighted by Gasteiger charge is -2.20. The number of hydrogen-bond acceptors (Lipinski definition) is 6. The van der Waals surface area contributed by atoms with Crippen LogP contribution in [0.3, 0.4) is 0 Å². The lowest BCUT2D eigenvalue weighted by molar-refractivity contribution is 0.323. The summed E-state index contributed by atoms with van der Waals surface area (Å²) in [5.74, 6) is 2.12. The number of methoxy groups -OCH3 is 1. The number of nitrogens with one attached hydrogen (secondary N) is 3. The molecular formula is C19H17N5O2. The third kappa shape index (κ3) is 2.28. The van der Waals surface area contributed by atoms with E-state index in [-0.39, 0.29) is 0 Å². The van der Waals surface area contributed by atoms with Crippen LogP contribution in [0.25, 0.3) is 21.8 Å².